The Morgan fingerprint density at radius 2 is 2.41 bits per heavy atom. The third-order valence-corrected chi connectivity index (χ3v) is 4.00. The van der Waals surface area contributed by atoms with Crippen molar-refractivity contribution >= 4 is 35.0 Å². The first-order chi connectivity index (χ1) is 8.15. The molecule has 2 heterocycles. The number of nitrogens with one attached hydrogen (secondary N) is 1. The van der Waals surface area contributed by atoms with Gasteiger partial charge in [0.05, 0.1) is 10.5 Å². The fraction of sp³-hybridized carbons (Fsp3) is 0.500. The number of nitrogens with zero attached hydrogens (tertiary/aromatic N) is 2. The van der Waals surface area contributed by atoms with Crippen LogP contribution in [0.25, 0.3) is 11.2 Å². The van der Waals surface area contributed by atoms with Gasteiger partial charge in [-0.25, -0.2) is 4.98 Å². The fourth-order valence-corrected chi connectivity index (χ4v) is 2.72. The van der Waals surface area contributed by atoms with Crippen LogP contribution in [0.3, 0.4) is 0 Å². The highest BCUT2D eigenvalue weighted by Crippen LogP contribution is 2.37. The van der Waals surface area contributed by atoms with Crippen LogP contribution in [0.5, 0.6) is 0 Å². The van der Waals surface area contributed by atoms with Gasteiger partial charge in [0.15, 0.2) is 10.4 Å². The number of aromatic amines is 1. The molecule has 0 aliphatic heterocycles. The first-order valence-corrected chi connectivity index (χ1v) is 6.68. The zero-order valence-corrected chi connectivity index (χ0v) is 11.2. The highest BCUT2D eigenvalue weighted by molar-refractivity contribution is 7.71. The van der Waals surface area contributed by atoms with Gasteiger partial charge in [-0.3, -0.25) is 0 Å². The van der Waals surface area contributed by atoms with Gasteiger partial charge in [0.25, 0.3) is 0 Å². The lowest BCUT2D eigenvalue weighted by Gasteiger charge is -2.11. The lowest BCUT2D eigenvalue weighted by Crippen LogP contribution is -2.09. The molecule has 1 unspecified atom stereocenters. The molecular weight excluding hydrogens is 254 g/mol. The normalized spacial score (nSPS) is 17.5. The van der Waals surface area contributed by atoms with Crippen LogP contribution in [0.15, 0.2) is 12.3 Å². The zero-order chi connectivity index (χ0) is 12.0. The van der Waals surface area contributed by atoms with E-state index in [0.717, 1.165) is 28.4 Å². The van der Waals surface area contributed by atoms with Crippen molar-refractivity contribution in [2.75, 3.05) is 0 Å². The first kappa shape index (κ1) is 11.2. The van der Waals surface area contributed by atoms with E-state index in [1.165, 1.54) is 12.8 Å². The summed E-state index contributed by atoms with van der Waals surface area (Å²) in [6, 6.07) is 1.87. The summed E-state index contributed by atoms with van der Waals surface area (Å²) in [5.41, 5.74) is 1.83. The molecule has 5 heteroatoms. The summed E-state index contributed by atoms with van der Waals surface area (Å²) in [6.07, 6.45) is 4.39. The fourth-order valence-electron chi connectivity index (χ4n) is 2.29. The molecule has 0 spiro atoms. The Bertz CT molecular complexity index is 612. The Morgan fingerprint density at radius 1 is 1.65 bits per heavy atom. The average molecular weight is 268 g/mol. The Labute approximate surface area is 110 Å². The molecule has 17 heavy (non-hydrogen) atoms. The monoisotopic (exact) mass is 267 g/mol. The van der Waals surface area contributed by atoms with Crippen LogP contribution in [-0.2, 0) is 6.54 Å². The SMILES string of the molecule is CC(Cn1c(=S)[nH]c2cc(Cl)cnc21)C1CC1. The van der Waals surface area contributed by atoms with Crippen molar-refractivity contribution < 1.29 is 0 Å². The minimum Gasteiger partial charge on any atom is -0.329 e. The minimum absolute atomic E-state index is 0.635. The van der Waals surface area contributed by atoms with Crippen molar-refractivity contribution in [1.82, 2.24) is 14.5 Å². The topological polar surface area (TPSA) is 33.6 Å². The molecule has 1 N–H and O–H groups in total. The molecule has 90 valence electrons. The van der Waals surface area contributed by atoms with Crippen molar-refractivity contribution in [2.24, 2.45) is 11.8 Å². The van der Waals surface area contributed by atoms with Crippen molar-refractivity contribution in [3.63, 3.8) is 0 Å². The Balaban J connectivity index is 2.02. The van der Waals surface area contributed by atoms with E-state index in [1.807, 2.05) is 6.07 Å². The van der Waals surface area contributed by atoms with E-state index in [9.17, 15) is 0 Å². The van der Waals surface area contributed by atoms with Crippen LogP contribution in [0.2, 0.25) is 5.02 Å². The minimum atomic E-state index is 0.635. The number of imidazole rings is 1. The molecule has 0 aromatic carbocycles. The second-order valence-electron chi connectivity index (χ2n) is 4.88. The van der Waals surface area contributed by atoms with Crippen LogP contribution in [-0.4, -0.2) is 14.5 Å². The number of rotatable bonds is 3. The summed E-state index contributed by atoms with van der Waals surface area (Å²) in [4.78, 5) is 7.53. The van der Waals surface area contributed by atoms with Crippen molar-refractivity contribution in [2.45, 2.75) is 26.3 Å². The quantitative estimate of drug-likeness (QED) is 0.859. The van der Waals surface area contributed by atoms with E-state index in [4.69, 9.17) is 23.8 Å². The number of fused-ring (bicyclic) bond motifs is 1. The van der Waals surface area contributed by atoms with E-state index in [1.54, 1.807) is 6.20 Å². The third-order valence-electron chi connectivity index (χ3n) is 3.47. The van der Waals surface area contributed by atoms with Gasteiger partial charge in [-0.2, -0.15) is 0 Å². The predicted molar refractivity (Wildman–Crippen MR) is 71.8 cm³/mol. The number of aromatic nitrogens is 3. The lowest BCUT2D eigenvalue weighted by atomic mass is 10.1. The number of hydrogen-bond acceptors (Lipinski definition) is 2. The van der Waals surface area contributed by atoms with E-state index in [0.29, 0.717) is 10.9 Å². The van der Waals surface area contributed by atoms with Crippen molar-refractivity contribution in [1.29, 1.82) is 0 Å². The van der Waals surface area contributed by atoms with Gasteiger partial charge >= 0.3 is 0 Å². The number of halogens is 1. The maximum Gasteiger partial charge on any atom is 0.179 e. The predicted octanol–water partition coefficient (Wildman–Crippen LogP) is 3.79. The molecule has 1 fully saturated rings. The molecule has 1 aliphatic rings. The molecule has 0 bridgehead atoms. The van der Waals surface area contributed by atoms with Crippen LogP contribution >= 0.6 is 23.8 Å². The van der Waals surface area contributed by atoms with Crippen LogP contribution in [0.4, 0.5) is 0 Å². The van der Waals surface area contributed by atoms with Gasteiger partial charge in [-0.1, -0.05) is 18.5 Å². The number of H-pyrrole nitrogens is 1. The third kappa shape index (κ3) is 2.11. The van der Waals surface area contributed by atoms with Crippen LogP contribution in [0.1, 0.15) is 19.8 Å². The maximum atomic E-state index is 5.92. The van der Waals surface area contributed by atoms with E-state index in [2.05, 4.69) is 21.5 Å². The summed E-state index contributed by atoms with van der Waals surface area (Å²) >= 11 is 11.3. The molecule has 3 rings (SSSR count). The smallest absolute Gasteiger partial charge is 0.179 e. The van der Waals surface area contributed by atoms with Crippen molar-refractivity contribution in [3.8, 4) is 0 Å². The summed E-state index contributed by atoms with van der Waals surface area (Å²) in [6.45, 7) is 3.23. The van der Waals surface area contributed by atoms with Gasteiger partial charge in [-0.05, 0) is 43.0 Å². The average Bonchev–Trinajstić information content (AvgIpc) is 3.06. The van der Waals surface area contributed by atoms with Crippen LogP contribution in [0, 0.1) is 16.6 Å². The molecule has 1 aliphatic carbocycles. The summed E-state index contributed by atoms with van der Waals surface area (Å²) < 4.78 is 2.83. The van der Waals surface area contributed by atoms with Gasteiger partial charge < -0.3 is 9.55 Å². The van der Waals surface area contributed by atoms with E-state index >= 15 is 0 Å². The summed E-state index contributed by atoms with van der Waals surface area (Å²) in [5, 5.41) is 0.635. The highest BCUT2D eigenvalue weighted by Gasteiger charge is 2.28. The Morgan fingerprint density at radius 3 is 3.12 bits per heavy atom. The molecule has 1 atom stereocenters. The van der Waals surface area contributed by atoms with Crippen molar-refractivity contribution in [3.05, 3.63) is 22.1 Å². The molecule has 2 aromatic heterocycles. The van der Waals surface area contributed by atoms with Crippen LogP contribution < -0.4 is 0 Å². The summed E-state index contributed by atoms with van der Waals surface area (Å²) in [5.74, 6) is 1.53. The molecule has 1 saturated carbocycles. The lowest BCUT2D eigenvalue weighted by molar-refractivity contribution is 0.432. The standard InChI is InChI=1S/C12H14ClN3S/c1-7(8-2-3-8)6-16-11-10(15-12(16)17)4-9(13)5-14-11/h4-5,7-8H,2-3,6H2,1H3,(H,15,17). The highest BCUT2D eigenvalue weighted by atomic mass is 35.5. The molecule has 0 saturated heterocycles. The number of hydrogen-bond donors (Lipinski definition) is 1. The Kier molecular flexibility index (Phi) is 2.71. The Hall–Kier alpha value is -0.870. The first-order valence-electron chi connectivity index (χ1n) is 5.89. The zero-order valence-electron chi connectivity index (χ0n) is 9.61. The van der Waals surface area contributed by atoms with E-state index < -0.39 is 0 Å². The van der Waals surface area contributed by atoms with Gasteiger partial charge in [0.2, 0.25) is 0 Å². The summed E-state index contributed by atoms with van der Waals surface area (Å²) in [7, 11) is 0. The number of pyridine rings is 1. The van der Waals surface area contributed by atoms with Gasteiger partial charge in [0.1, 0.15) is 0 Å². The molecule has 3 nitrogen and oxygen atoms in total. The second-order valence-corrected chi connectivity index (χ2v) is 5.70. The van der Waals surface area contributed by atoms with Gasteiger partial charge in [-0.15, -0.1) is 0 Å². The largest absolute Gasteiger partial charge is 0.329 e. The molecule has 0 radical (unpaired) electrons. The molecular formula is C12H14ClN3S. The molecule has 2 aromatic rings. The van der Waals surface area contributed by atoms with E-state index in [-0.39, 0.29) is 0 Å². The van der Waals surface area contributed by atoms with Gasteiger partial charge in [0, 0.05) is 12.7 Å². The molecule has 0 amide bonds. The second kappa shape index (κ2) is 4.10. The maximum absolute atomic E-state index is 5.92.